The number of fused-ring (bicyclic) bond motifs is 5. The number of thiazole rings is 1. The van der Waals surface area contributed by atoms with E-state index in [1.165, 1.54) is 17.4 Å². The van der Waals surface area contributed by atoms with Crippen molar-refractivity contribution in [2.24, 2.45) is 4.99 Å². The van der Waals surface area contributed by atoms with Crippen LogP contribution in [0.3, 0.4) is 0 Å². The number of morpholine rings is 1. The Morgan fingerprint density at radius 1 is 1.24 bits per heavy atom. The Morgan fingerprint density at radius 3 is 2.85 bits per heavy atom. The van der Waals surface area contributed by atoms with Crippen LogP contribution >= 0.6 is 11.3 Å². The summed E-state index contributed by atoms with van der Waals surface area (Å²) in [6.45, 7) is 3.20. The number of hydrogen-bond acceptors (Lipinski definition) is 9. The number of benzene rings is 1. The number of ether oxygens (including phenoxy) is 1. The van der Waals surface area contributed by atoms with Crippen LogP contribution in [0.1, 0.15) is 10.4 Å². The molecule has 5 heterocycles. The molecular formula is C22H20FN7O3S. The molecule has 1 amide bonds. The zero-order valence-electron chi connectivity index (χ0n) is 17.9. The number of aliphatic imine (C=N–C) groups is 1. The molecule has 0 saturated carbocycles. The summed E-state index contributed by atoms with van der Waals surface area (Å²) in [6.07, 6.45) is 0. The Balaban J connectivity index is 1.58. The third-order valence-electron chi connectivity index (χ3n) is 5.86. The van der Waals surface area contributed by atoms with Crippen LogP contribution in [0.4, 0.5) is 10.2 Å². The molecule has 4 aromatic rings. The Bertz CT molecular complexity index is 1540. The minimum absolute atomic E-state index is 0.0389. The molecule has 0 spiro atoms. The Hall–Kier alpha value is -3.77. The number of carbonyl (C=O) groups is 1. The second-order valence-electron chi connectivity index (χ2n) is 7.92. The molecule has 0 aliphatic carbocycles. The van der Waals surface area contributed by atoms with E-state index >= 15 is 4.39 Å². The minimum atomic E-state index is -0.634. The highest BCUT2D eigenvalue weighted by molar-refractivity contribution is 7.24. The molecule has 0 unspecified atom stereocenters. The molecule has 1 fully saturated rings. The van der Waals surface area contributed by atoms with Gasteiger partial charge in [-0.15, -0.1) is 11.3 Å². The summed E-state index contributed by atoms with van der Waals surface area (Å²) in [5.41, 5.74) is 5.67. The van der Waals surface area contributed by atoms with Gasteiger partial charge in [0.2, 0.25) is 11.4 Å². The van der Waals surface area contributed by atoms with Gasteiger partial charge in [0.15, 0.2) is 17.3 Å². The first-order valence-electron chi connectivity index (χ1n) is 10.9. The maximum atomic E-state index is 15.2. The smallest absolute Gasteiger partial charge is 0.276 e. The second-order valence-corrected chi connectivity index (χ2v) is 8.95. The summed E-state index contributed by atoms with van der Waals surface area (Å²) in [6, 6.07) is 8.74. The number of hydrazine groups is 1. The van der Waals surface area contributed by atoms with Crippen LogP contribution in [-0.4, -0.2) is 60.6 Å². The number of carbonyl (C=O) groups excluding carboxylic acids is 1. The van der Waals surface area contributed by atoms with Gasteiger partial charge in [0, 0.05) is 19.6 Å². The number of amides is 1. The summed E-state index contributed by atoms with van der Waals surface area (Å²) >= 11 is 1.31. The predicted octanol–water partition coefficient (Wildman–Crippen LogP) is 1.23. The van der Waals surface area contributed by atoms with Gasteiger partial charge in [-0.05, 0) is 18.2 Å². The molecule has 174 valence electrons. The van der Waals surface area contributed by atoms with Crippen LogP contribution in [-0.2, 0) is 4.74 Å². The molecular weight excluding hydrogens is 461 g/mol. The number of anilines is 1. The first kappa shape index (κ1) is 20.8. The van der Waals surface area contributed by atoms with Crippen molar-refractivity contribution in [2.45, 2.75) is 0 Å². The van der Waals surface area contributed by atoms with E-state index in [-0.39, 0.29) is 16.8 Å². The van der Waals surface area contributed by atoms with Crippen molar-refractivity contribution in [2.75, 3.05) is 44.3 Å². The minimum Gasteiger partial charge on any atom is -0.378 e. The van der Waals surface area contributed by atoms with Crippen molar-refractivity contribution in [3.05, 3.63) is 51.9 Å². The largest absolute Gasteiger partial charge is 0.378 e. The van der Waals surface area contributed by atoms with E-state index < -0.39 is 17.2 Å². The highest BCUT2D eigenvalue weighted by atomic mass is 32.1. The molecule has 10 nitrogen and oxygen atoms in total. The summed E-state index contributed by atoms with van der Waals surface area (Å²) in [5, 5.41) is 3.02. The van der Waals surface area contributed by atoms with Crippen molar-refractivity contribution in [3.63, 3.8) is 0 Å². The maximum Gasteiger partial charge on any atom is 0.276 e. The van der Waals surface area contributed by atoms with Crippen LogP contribution in [0.15, 0.2) is 40.1 Å². The summed E-state index contributed by atoms with van der Waals surface area (Å²) < 4.78 is 23.2. The Morgan fingerprint density at radius 2 is 2.06 bits per heavy atom. The Kier molecular flexibility index (Phi) is 5.03. The standard InChI is InChI=1S/C22H20FN7O3S/c23-13-11-12-17(31)16(20(32)27-28-22-24-5-6-25-22)21-30(14-3-1-2-4-15(14)34-21)18(12)26-19(13)29-7-9-33-10-8-29/h1-4,11H,5-10H2,(H,27,32)(H2,24,25,28). The van der Waals surface area contributed by atoms with Gasteiger partial charge in [-0.25, -0.2) is 9.37 Å². The number of pyridine rings is 2. The van der Waals surface area contributed by atoms with E-state index in [0.29, 0.717) is 55.8 Å². The van der Waals surface area contributed by atoms with Crippen LogP contribution in [0.25, 0.3) is 26.1 Å². The molecule has 34 heavy (non-hydrogen) atoms. The molecule has 3 N–H and O–H groups in total. The second kappa shape index (κ2) is 8.22. The lowest BCUT2D eigenvalue weighted by atomic mass is 10.1. The summed E-state index contributed by atoms with van der Waals surface area (Å²) in [4.78, 5) is 37.7. The van der Waals surface area contributed by atoms with Crippen molar-refractivity contribution in [1.82, 2.24) is 25.6 Å². The number of nitrogens with zero attached hydrogens (tertiary/aromatic N) is 4. The van der Waals surface area contributed by atoms with E-state index in [4.69, 9.17) is 4.74 Å². The SMILES string of the molecule is O=C(NNC1=NCCN1)c1c(=O)c2cc(F)c(N3CCOCC3)nc2n2c1sc1ccccc12. The maximum absolute atomic E-state index is 15.2. The molecule has 0 atom stereocenters. The van der Waals surface area contributed by atoms with Crippen LogP contribution < -0.4 is 26.5 Å². The van der Waals surface area contributed by atoms with Crippen molar-refractivity contribution < 1.29 is 13.9 Å². The lowest BCUT2D eigenvalue weighted by molar-refractivity contribution is 0.0944. The number of nitrogens with one attached hydrogen (secondary N) is 3. The van der Waals surface area contributed by atoms with Crippen LogP contribution in [0.2, 0.25) is 0 Å². The van der Waals surface area contributed by atoms with E-state index in [2.05, 4.69) is 26.1 Å². The van der Waals surface area contributed by atoms with Crippen LogP contribution in [0, 0.1) is 5.82 Å². The molecule has 1 saturated heterocycles. The van der Waals surface area contributed by atoms with Gasteiger partial charge in [0.25, 0.3) is 5.91 Å². The van der Waals surface area contributed by atoms with Crippen LogP contribution in [0.5, 0.6) is 0 Å². The number of para-hydroxylation sites is 1. The molecule has 6 rings (SSSR count). The van der Waals surface area contributed by atoms with Gasteiger partial charge in [-0.1, -0.05) is 12.1 Å². The zero-order valence-corrected chi connectivity index (χ0v) is 18.7. The zero-order chi connectivity index (χ0) is 23.2. The third kappa shape index (κ3) is 3.33. The lowest BCUT2D eigenvalue weighted by Crippen LogP contribution is -2.47. The fourth-order valence-corrected chi connectivity index (χ4v) is 5.44. The molecule has 0 radical (unpaired) electrons. The van der Waals surface area contributed by atoms with Gasteiger partial charge in [0.1, 0.15) is 10.4 Å². The highest BCUT2D eigenvalue weighted by Crippen LogP contribution is 2.32. The average Bonchev–Trinajstić information content (AvgIpc) is 3.51. The van der Waals surface area contributed by atoms with E-state index in [1.807, 2.05) is 29.2 Å². The molecule has 2 aliphatic rings. The van der Waals surface area contributed by atoms with Crippen molar-refractivity contribution >= 4 is 55.1 Å². The first-order chi connectivity index (χ1) is 16.6. The van der Waals surface area contributed by atoms with E-state index in [9.17, 15) is 9.59 Å². The third-order valence-corrected chi connectivity index (χ3v) is 7.00. The van der Waals surface area contributed by atoms with E-state index in [1.54, 1.807) is 4.40 Å². The van der Waals surface area contributed by atoms with Gasteiger partial charge in [0.05, 0.1) is 35.4 Å². The quantitative estimate of drug-likeness (QED) is 0.369. The Labute approximate surface area is 196 Å². The average molecular weight is 482 g/mol. The number of halogens is 1. The van der Waals surface area contributed by atoms with E-state index in [0.717, 1.165) is 10.2 Å². The van der Waals surface area contributed by atoms with Gasteiger partial charge < -0.3 is 15.0 Å². The van der Waals surface area contributed by atoms with Crippen molar-refractivity contribution in [3.8, 4) is 0 Å². The van der Waals surface area contributed by atoms with Gasteiger partial charge >= 0.3 is 0 Å². The number of aromatic nitrogens is 2. The van der Waals surface area contributed by atoms with Crippen molar-refractivity contribution in [1.29, 1.82) is 0 Å². The number of rotatable bonds is 2. The van der Waals surface area contributed by atoms with Gasteiger partial charge in [-0.3, -0.25) is 29.8 Å². The monoisotopic (exact) mass is 481 g/mol. The lowest BCUT2D eigenvalue weighted by Gasteiger charge is -2.28. The molecule has 12 heteroatoms. The topological polar surface area (TPSA) is 112 Å². The number of hydrogen-bond donors (Lipinski definition) is 3. The fraction of sp³-hybridized carbons (Fsp3) is 0.273. The van der Waals surface area contributed by atoms with Gasteiger partial charge in [-0.2, -0.15) is 0 Å². The predicted molar refractivity (Wildman–Crippen MR) is 128 cm³/mol. The number of guanidine groups is 1. The molecule has 0 bridgehead atoms. The summed E-state index contributed by atoms with van der Waals surface area (Å²) in [5.74, 6) is -0.654. The molecule has 1 aromatic carbocycles. The molecule has 3 aromatic heterocycles. The summed E-state index contributed by atoms with van der Waals surface area (Å²) in [7, 11) is 0. The normalized spacial score (nSPS) is 16.1. The fourth-order valence-electron chi connectivity index (χ4n) is 4.26. The molecule has 2 aliphatic heterocycles. The highest BCUT2D eigenvalue weighted by Gasteiger charge is 2.26. The first-order valence-corrected chi connectivity index (χ1v) is 11.7.